The quantitative estimate of drug-likeness (QED) is 0.842. The zero-order chi connectivity index (χ0) is 14.7. The topological polar surface area (TPSA) is 23.6 Å². The van der Waals surface area contributed by atoms with Crippen molar-refractivity contribution in [1.29, 1.82) is 0 Å². The number of nitrogens with zero attached hydrogens (tertiary/aromatic N) is 2. The zero-order valence-electron chi connectivity index (χ0n) is 11.9. The summed E-state index contributed by atoms with van der Waals surface area (Å²) in [6.45, 7) is 2.64. The Hall–Kier alpha value is -0.940. The summed E-state index contributed by atoms with van der Waals surface area (Å²) < 4.78 is 13.5. The summed E-state index contributed by atoms with van der Waals surface area (Å²) in [4.78, 5) is 16.4. The van der Waals surface area contributed by atoms with Gasteiger partial charge in [-0.25, -0.2) is 4.39 Å². The molecule has 1 saturated heterocycles. The summed E-state index contributed by atoms with van der Waals surface area (Å²) >= 11 is 3.12. The van der Waals surface area contributed by atoms with Gasteiger partial charge in [-0.2, -0.15) is 0 Å². The second kappa shape index (κ2) is 6.68. The van der Waals surface area contributed by atoms with Crippen molar-refractivity contribution in [2.45, 2.75) is 12.8 Å². The first-order chi connectivity index (χ1) is 9.47. The van der Waals surface area contributed by atoms with E-state index < -0.39 is 0 Å². The number of halogens is 2. The lowest BCUT2D eigenvalue weighted by Crippen LogP contribution is -2.40. The molecule has 0 N–H and O–H groups in total. The maximum absolute atomic E-state index is 13.2. The zero-order valence-corrected chi connectivity index (χ0v) is 13.5. The van der Waals surface area contributed by atoms with Gasteiger partial charge in [-0.3, -0.25) is 4.79 Å². The number of hydrogen-bond acceptors (Lipinski definition) is 2. The van der Waals surface area contributed by atoms with Crippen molar-refractivity contribution in [3.05, 3.63) is 34.1 Å². The van der Waals surface area contributed by atoms with Gasteiger partial charge in [-0.15, -0.1) is 0 Å². The largest absolute Gasteiger partial charge is 0.339 e. The van der Waals surface area contributed by atoms with E-state index in [1.54, 1.807) is 12.1 Å². The van der Waals surface area contributed by atoms with Gasteiger partial charge >= 0.3 is 0 Å². The van der Waals surface area contributed by atoms with Crippen LogP contribution in [-0.2, 0) is 0 Å². The van der Waals surface area contributed by atoms with Crippen LogP contribution < -0.4 is 0 Å². The van der Waals surface area contributed by atoms with Crippen molar-refractivity contribution < 1.29 is 9.18 Å². The molecule has 0 bridgehead atoms. The number of piperidine rings is 1. The Morgan fingerprint density at radius 1 is 1.40 bits per heavy atom. The van der Waals surface area contributed by atoms with Crippen LogP contribution in [0.2, 0.25) is 0 Å². The van der Waals surface area contributed by atoms with E-state index >= 15 is 0 Å². The maximum Gasteiger partial charge on any atom is 0.253 e. The maximum atomic E-state index is 13.2. The van der Waals surface area contributed by atoms with E-state index in [0.29, 0.717) is 16.0 Å². The smallest absolute Gasteiger partial charge is 0.253 e. The molecule has 0 unspecified atom stereocenters. The first-order valence-corrected chi connectivity index (χ1v) is 7.65. The first kappa shape index (κ1) is 15.4. The molecule has 0 spiro atoms. The molecule has 3 nitrogen and oxygen atoms in total. The number of carbonyl (C=O) groups excluding carboxylic acids is 1. The highest BCUT2D eigenvalue weighted by Gasteiger charge is 2.24. The molecule has 1 heterocycles. The average molecular weight is 343 g/mol. The van der Waals surface area contributed by atoms with Crippen LogP contribution in [0.5, 0.6) is 0 Å². The van der Waals surface area contributed by atoms with E-state index in [9.17, 15) is 9.18 Å². The molecule has 0 saturated carbocycles. The number of rotatable bonds is 3. The molecule has 0 atom stereocenters. The van der Waals surface area contributed by atoms with Gasteiger partial charge in [-0.05, 0) is 67.0 Å². The van der Waals surface area contributed by atoms with Crippen LogP contribution in [0.3, 0.4) is 0 Å². The van der Waals surface area contributed by atoms with Crippen LogP contribution in [0.25, 0.3) is 0 Å². The molecule has 2 rings (SSSR count). The molecular formula is C15H20BrFN2O. The lowest BCUT2D eigenvalue weighted by molar-refractivity contribution is 0.0678. The Balaban J connectivity index is 1.96. The average Bonchev–Trinajstić information content (AvgIpc) is 2.41. The minimum absolute atomic E-state index is 0.00555. The van der Waals surface area contributed by atoms with E-state index in [4.69, 9.17) is 0 Å². The van der Waals surface area contributed by atoms with Gasteiger partial charge in [-0.1, -0.05) is 0 Å². The van der Waals surface area contributed by atoms with Crippen LogP contribution in [0.1, 0.15) is 23.2 Å². The van der Waals surface area contributed by atoms with Crippen molar-refractivity contribution in [3.63, 3.8) is 0 Å². The van der Waals surface area contributed by atoms with Gasteiger partial charge in [0.1, 0.15) is 5.82 Å². The molecule has 20 heavy (non-hydrogen) atoms. The van der Waals surface area contributed by atoms with Crippen LogP contribution in [0.15, 0.2) is 22.7 Å². The number of hydrogen-bond donors (Lipinski definition) is 0. The normalized spacial score (nSPS) is 16.8. The van der Waals surface area contributed by atoms with Gasteiger partial charge in [0.15, 0.2) is 0 Å². The molecule has 0 aliphatic carbocycles. The Bertz CT molecular complexity index is 485. The molecule has 110 valence electrons. The van der Waals surface area contributed by atoms with Crippen molar-refractivity contribution in [2.75, 3.05) is 33.7 Å². The SMILES string of the molecule is CN(C)CC1CCN(C(=O)c2ccc(F)c(Br)c2)CC1. The number of benzene rings is 1. The summed E-state index contributed by atoms with van der Waals surface area (Å²) in [5.74, 6) is 0.314. The van der Waals surface area contributed by atoms with Crippen LogP contribution in [-0.4, -0.2) is 49.4 Å². The fourth-order valence-corrected chi connectivity index (χ4v) is 3.03. The van der Waals surface area contributed by atoms with E-state index in [2.05, 4.69) is 34.9 Å². The molecule has 5 heteroatoms. The highest BCUT2D eigenvalue weighted by Crippen LogP contribution is 2.22. The number of carbonyl (C=O) groups is 1. The second-order valence-corrected chi connectivity index (χ2v) is 6.48. The Kier molecular flexibility index (Phi) is 5.16. The van der Waals surface area contributed by atoms with Gasteiger partial charge in [0, 0.05) is 25.2 Å². The van der Waals surface area contributed by atoms with Crippen molar-refractivity contribution in [3.8, 4) is 0 Å². The monoisotopic (exact) mass is 342 g/mol. The van der Waals surface area contributed by atoms with Crippen LogP contribution in [0, 0.1) is 11.7 Å². The van der Waals surface area contributed by atoms with Gasteiger partial charge in [0.25, 0.3) is 5.91 Å². The van der Waals surface area contributed by atoms with Crippen LogP contribution >= 0.6 is 15.9 Å². The van der Waals surface area contributed by atoms with Gasteiger partial charge in [0.2, 0.25) is 0 Å². The molecule has 1 aromatic rings. The van der Waals surface area contributed by atoms with Crippen molar-refractivity contribution >= 4 is 21.8 Å². The van der Waals surface area contributed by atoms with Gasteiger partial charge in [0.05, 0.1) is 4.47 Å². The Labute approximate surface area is 127 Å². The van der Waals surface area contributed by atoms with Crippen molar-refractivity contribution in [2.24, 2.45) is 5.92 Å². The molecular weight excluding hydrogens is 323 g/mol. The predicted octanol–water partition coefficient (Wildman–Crippen LogP) is 3.00. The lowest BCUT2D eigenvalue weighted by atomic mass is 9.96. The first-order valence-electron chi connectivity index (χ1n) is 6.86. The third-order valence-electron chi connectivity index (χ3n) is 3.69. The third kappa shape index (κ3) is 3.79. The van der Waals surface area contributed by atoms with E-state index in [-0.39, 0.29) is 11.7 Å². The molecule has 1 amide bonds. The molecule has 1 aliphatic rings. The number of amides is 1. The Morgan fingerprint density at radius 2 is 2.05 bits per heavy atom. The molecule has 1 aliphatic heterocycles. The number of likely N-dealkylation sites (tertiary alicyclic amines) is 1. The summed E-state index contributed by atoms with van der Waals surface area (Å²) in [6.07, 6.45) is 2.07. The molecule has 0 aromatic heterocycles. The summed E-state index contributed by atoms with van der Waals surface area (Å²) in [6, 6.07) is 4.44. The minimum Gasteiger partial charge on any atom is -0.339 e. The second-order valence-electron chi connectivity index (χ2n) is 5.63. The van der Waals surface area contributed by atoms with E-state index in [0.717, 1.165) is 32.5 Å². The molecule has 0 radical (unpaired) electrons. The minimum atomic E-state index is -0.341. The highest BCUT2D eigenvalue weighted by atomic mass is 79.9. The predicted molar refractivity (Wildman–Crippen MR) is 81.3 cm³/mol. The van der Waals surface area contributed by atoms with Crippen LogP contribution in [0.4, 0.5) is 4.39 Å². The van der Waals surface area contributed by atoms with Crippen molar-refractivity contribution in [1.82, 2.24) is 9.80 Å². The van der Waals surface area contributed by atoms with E-state index in [1.807, 2.05) is 4.90 Å². The van der Waals surface area contributed by atoms with Gasteiger partial charge < -0.3 is 9.80 Å². The Morgan fingerprint density at radius 3 is 2.60 bits per heavy atom. The fourth-order valence-electron chi connectivity index (χ4n) is 2.65. The highest BCUT2D eigenvalue weighted by molar-refractivity contribution is 9.10. The fraction of sp³-hybridized carbons (Fsp3) is 0.533. The standard InChI is InChI=1S/C15H20BrFN2O/c1-18(2)10-11-5-7-19(8-6-11)15(20)12-3-4-14(17)13(16)9-12/h3-4,9,11H,5-8,10H2,1-2H3. The lowest BCUT2D eigenvalue weighted by Gasteiger charge is -2.33. The summed E-state index contributed by atoms with van der Waals surface area (Å²) in [5.41, 5.74) is 0.546. The molecule has 1 fully saturated rings. The summed E-state index contributed by atoms with van der Waals surface area (Å²) in [7, 11) is 4.15. The summed E-state index contributed by atoms with van der Waals surface area (Å²) in [5, 5.41) is 0. The third-order valence-corrected chi connectivity index (χ3v) is 4.30. The molecule has 1 aromatic carbocycles. The van der Waals surface area contributed by atoms with E-state index in [1.165, 1.54) is 6.07 Å².